The summed E-state index contributed by atoms with van der Waals surface area (Å²) in [5.41, 5.74) is 2.53. The number of nitrogens with zero attached hydrogens (tertiary/aromatic N) is 2. The van der Waals surface area contributed by atoms with E-state index < -0.39 is 0 Å². The van der Waals surface area contributed by atoms with Crippen molar-refractivity contribution in [2.75, 3.05) is 11.9 Å². The highest BCUT2D eigenvalue weighted by Gasteiger charge is 2.13. The van der Waals surface area contributed by atoms with Gasteiger partial charge in [-0.15, -0.1) is 0 Å². The van der Waals surface area contributed by atoms with E-state index in [1.54, 1.807) is 12.1 Å². The normalized spacial score (nSPS) is 12.2. The molecule has 0 radical (unpaired) electrons. The van der Waals surface area contributed by atoms with E-state index in [4.69, 9.17) is 10.00 Å². The third-order valence-corrected chi connectivity index (χ3v) is 3.09. The van der Waals surface area contributed by atoms with Crippen molar-refractivity contribution < 1.29 is 9.53 Å². The first kappa shape index (κ1) is 12.2. The second kappa shape index (κ2) is 5.02. The molecule has 0 saturated carbocycles. The summed E-state index contributed by atoms with van der Waals surface area (Å²) in [6.07, 6.45) is 2.25. The molecule has 0 aliphatic carbocycles. The minimum absolute atomic E-state index is 0.249. The van der Waals surface area contributed by atoms with Gasteiger partial charge in [0, 0.05) is 18.3 Å². The Hall–Kier alpha value is -2.87. The molecule has 0 atom stereocenters. The lowest BCUT2D eigenvalue weighted by Crippen LogP contribution is -2.12. The van der Waals surface area contributed by atoms with Gasteiger partial charge in [0.1, 0.15) is 17.5 Å². The van der Waals surface area contributed by atoms with Crippen LogP contribution in [0.3, 0.4) is 0 Å². The molecule has 0 bridgehead atoms. The predicted molar refractivity (Wildman–Crippen MR) is 72.5 cm³/mol. The van der Waals surface area contributed by atoms with E-state index in [0.29, 0.717) is 12.2 Å². The van der Waals surface area contributed by atoms with Crippen molar-refractivity contribution in [1.29, 1.82) is 5.26 Å². The summed E-state index contributed by atoms with van der Waals surface area (Å²) in [5, 5.41) is 11.5. The van der Waals surface area contributed by atoms with Crippen LogP contribution in [0.5, 0.6) is 5.75 Å². The minimum atomic E-state index is -0.249. The third-order valence-electron chi connectivity index (χ3n) is 3.09. The van der Waals surface area contributed by atoms with Gasteiger partial charge in [0.05, 0.1) is 12.2 Å². The Kier molecular flexibility index (Phi) is 3.05. The number of aromatic nitrogens is 1. The average Bonchev–Trinajstić information content (AvgIpc) is 2.95. The molecule has 2 aromatic rings. The van der Waals surface area contributed by atoms with E-state index in [9.17, 15) is 4.79 Å². The molecule has 0 saturated heterocycles. The van der Waals surface area contributed by atoms with E-state index in [1.165, 1.54) is 12.3 Å². The highest BCUT2D eigenvalue weighted by Crippen LogP contribution is 2.27. The largest absolute Gasteiger partial charge is 0.493 e. The third kappa shape index (κ3) is 2.31. The molecule has 0 unspecified atom stereocenters. The van der Waals surface area contributed by atoms with Gasteiger partial charge in [-0.05, 0) is 35.9 Å². The number of anilines is 1. The fraction of sp³-hybridized carbons (Fsp3) is 0.133. The summed E-state index contributed by atoms with van der Waals surface area (Å²) >= 11 is 0. The summed E-state index contributed by atoms with van der Waals surface area (Å²) in [6.45, 7) is 0.687. The maximum atomic E-state index is 12.0. The molecule has 0 fully saturated rings. The van der Waals surface area contributed by atoms with Crippen LogP contribution in [0.2, 0.25) is 0 Å². The maximum absolute atomic E-state index is 12.0. The van der Waals surface area contributed by atoms with E-state index in [2.05, 4.69) is 10.3 Å². The number of amides is 1. The number of rotatable bonds is 2. The quantitative estimate of drug-likeness (QED) is 0.902. The number of fused-ring (bicyclic) bond motifs is 1. The van der Waals surface area contributed by atoms with Crippen molar-refractivity contribution in [2.24, 2.45) is 0 Å². The highest BCUT2D eigenvalue weighted by molar-refractivity contribution is 6.04. The molecule has 1 aromatic carbocycles. The number of carbonyl (C=O) groups is 1. The second-order valence-electron chi connectivity index (χ2n) is 4.42. The maximum Gasteiger partial charge on any atom is 0.257 e. The lowest BCUT2D eigenvalue weighted by Gasteiger charge is -2.06. The number of hydrogen-bond donors (Lipinski definition) is 1. The van der Waals surface area contributed by atoms with Crippen LogP contribution in [0.25, 0.3) is 0 Å². The molecular formula is C15H11N3O2. The molecule has 20 heavy (non-hydrogen) atoms. The first-order valence-corrected chi connectivity index (χ1v) is 6.19. The molecule has 1 N–H and O–H groups in total. The van der Waals surface area contributed by atoms with Gasteiger partial charge in [-0.2, -0.15) is 5.26 Å². The van der Waals surface area contributed by atoms with Crippen molar-refractivity contribution >= 4 is 11.6 Å². The van der Waals surface area contributed by atoms with E-state index in [-0.39, 0.29) is 11.6 Å². The number of nitriles is 1. The zero-order chi connectivity index (χ0) is 13.9. The van der Waals surface area contributed by atoms with Gasteiger partial charge in [-0.1, -0.05) is 0 Å². The Balaban J connectivity index is 1.77. The standard InChI is InChI=1S/C15H11N3O2/c16-8-13-2-1-11(9-17-13)15(19)18-12-3-4-14-10(7-12)5-6-20-14/h1-4,7,9H,5-6H2,(H,18,19). The summed E-state index contributed by atoms with van der Waals surface area (Å²) in [5.74, 6) is 0.629. The van der Waals surface area contributed by atoms with Gasteiger partial charge >= 0.3 is 0 Å². The Morgan fingerprint density at radius 1 is 1.35 bits per heavy atom. The monoisotopic (exact) mass is 265 g/mol. The second-order valence-corrected chi connectivity index (χ2v) is 4.42. The number of ether oxygens (including phenoxy) is 1. The zero-order valence-corrected chi connectivity index (χ0v) is 10.6. The summed E-state index contributed by atoms with van der Waals surface area (Å²) in [4.78, 5) is 15.9. The topological polar surface area (TPSA) is 75.0 Å². The van der Waals surface area contributed by atoms with Crippen LogP contribution in [-0.4, -0.2) is 17.5 Å². The Morgan fingerprint density at radius 2 is 2.25 bits per heavy atom. The van der Waals surface area contributed by atoms with Crippen molar-refractivity contribution in [3.8, 4) is 11.8 Å². The molecule has 1 aliphatic heterocycles. The van der Waals surface area contributed by atoms with Crippen LogP contribution < -0.4 is 10.1 Å². The fourth-order valence-electron chi connectivity index (χ4n) is 2.06. The van der Waals surface area contributed by atoms with Gasteiger partial charge in [-0.25, -0.2) is 4.98 Å². The van der Waals surface area contributed by atoms with Gasteiger partial charge in [0.2, 0.25) is 0 Å². The zero-order valence-electron chi connectivity index (χ0n) is 10.6. The molecular weight excluding hydrogens is 254 g/mol. The number of nitrogens with one attached hydrogen (secondary N) is 1. The van der Waals surface area contributed by atoms with Crippen molar-refractivity contribution in [2.45, 2.75) is 6.42 Å². The molecule has 3 rings (SSSR count). The highest BCUT2D eigenvalue weighted by atomic mass is 16.5. The first-order valence-electron chi connectivity index (χ1n) is 6.19. The summed E-state index contributed by atoms with van der Waals surface area (Å²) < 4.78 is 5.42. The number of hydrogen-bond acceptors (Lipinski definition) is 4. The SMILES string of the molecule is N#Cc1ccc(C(=O)Nc2ccc3c(c2)CCO3)cn1. The van der Waals surface area contributed by atoms with Crippen molar-refractivity contribution in [3.63, 3.8) is 0 Å². The van der Waals surface area contributed by atoms with Crippen molar-refractivity contribution in [1.82, 2.24) is 4.98 Å². The van der Waals surface area contributed by atoms with Crippen LogP contribution in [-0.2, 0) is 6.42 Å². The average molecular weight is 265 g/mol. The van der Waals surface area contributed by atoms with Gasteiger partial charge in [-0.3, -0.25) is 4.79 Å². The fourth-order valence-corrected chi connectivity index (χ4v) is 2.06. The van der Waals surface area contributed by atoms with E-state index in [0.717, 1.165) is 23.4 Å². The molecule has 1 aromatic heterocycles. The van der Waals surface area contributed by atoms with Gasteiger partial charge < -0.3 is 10.1 Å². The molecule has 0 spiro atoms. The van der Waals surface area contributed by atoms with Gasteiger partial charge in [0.15, 0.2) is 0 Å². The molecule has 5 nitrogen and oxygen atoms in total. The minimum Gasteiger partial charge on any atom is -0.493 e. The van der Waals surface area contributed by atoms with Crippen LogP contribution in [0.1, 0.15) is 21.6 Å². The van der Waals surface area contributed by atoms with Crippen LogP contribution >= 0.6 is 0 Å². The molecule has 1 aliphatic rings. The lowest BCUT2D eigenvalue weighted by molar-refractivity contribution is 0.102. The number of pyridine rings is 1. The van der Waals surface area contributed by atoms with Crippen LogP contribution in [0.15, 0.2) is 36.5 Å². The Labute approximate surface area is 115 Å². The lowest BCUT2D eigenvalue weighted by atomic mass is 10.1. The molecule has 98 valence electrons. The van der Waals surface area contributed by atoms with Crippen LogP contribution in [0, 0.1) is 11.3 Å². The molecule has 2 heterocycles. The van der Waals surface area contributed by atoms with E-state index in [1.807, 2.05) is 18.2 Å². The summed E-state index contributed by atoms with van der Waals surface area (Å²) in [7, 11) is 0. The number of carbonyl (C=O) groups excluding carboxylic acids is 1. The van der Waals surface area contributed by atoms with Gasteiger partial charge in [0.25, 0.3) is 5.91 Å². The van der Waals surface area contributed by atoms with Crippen LogP contribution in [0.4, 0.5) is 5.69 Å². The molecule has 5 heteroatoms. The van der Waals surface area contributed by atoms with E-state index >= 15 is 0 Å². The smallest absolute Gasteiger partial charge is 0.257 e. The Morgan fingerprint density at radius 3 is 3.00 bits per heavy atom. The first-order chi connectivity index (χ1) is 9.76. The Bertz CT molecular complexity index is 702. The van der Waals surface area contributed by atoms with Crippen molar-refractivity contribution in [3.05, 3.63) is 53.3 Å². The number of benzene rings is 1. The summed E-state index contributed by atoms with van der Waals surface area (Å²) in [6, 6.07) is 10.6. The molecule has 1 amide bonds. The predicted octanol–water partition coefficient (Wildman–Crippen LogP) is 2.14.